The molecule has 14 heteroatoms. The van der Waals surface area contributed by atoms with E-state index in [4.69, 9.17) is 9.47 Å². The predicted octanol–water partition coefficient (Wildman–Crippen LogP) is 4.98. The van der Waals surface area contributed by atoms with Gasteiger partial charge in [-0.05, 0) is 37.0 Å². The number of aromatic nitrogens is 5. The molecule has 0 atom stereocenters. The minimum Gasteiger partial charge on any atom is -0.456 e. The molecule has 1 saturated heterocycles. The van der Waals surface area contributed by atoms with Crippen LogP contribution in [0.3, 0.4) is 0 Å². The van der Waals surface area contributed by atoms with Crippen molar-refractivity contribution in [2.75, 3.05) is 23.8 Å². The van der Waals surface area contributed by atoms with E-state index in [9.17, 15) is 23.2 Å². The summed E-state index contributed by atoms with van der Waals surface area (Å²) in [6, 6.07) is 9.37. The molecule has 5 rings (SSSR count). The summed E-state index contributed by atoms with van der Waals surface area (Å²) in [5, 5.41) is 19.6. The molecule has 4 aromatic rings. The maximum atomic E-state index is 13.8. The van der Waals surface area contributed by atoms with Gasteiger partial charge >= 0.3 is 6.18 Å². The van der Waals surface area contributed by atoms with Gasteiger partial charge in [-0.3, -0.25) is 9.48 Å². The minimum absolute atomic E-state index is 0.0185. The quantitative estimate of drug-likeness (QED) is 0.327. The Morgan fingerprint density at radius 3 is 2.70 bits per heavy atom. The predicted molar refractivity (Wildman–Crippen MR) is 138 cm³/mol. The third kappa shape index (κ3) is 5.69. The van der Waals surface area contributed by atoms with Crippen molar-refractivity contribution in [1.82, 2.24) is 24.3 Å². The van der Waals surface area contributed by atoms with Gasteiger partial charge in [0.1, 0.15) is 34.6 Å². The normalized spacial score (nSPS) is 14.2. The average Bonchev–Trinajstić information content (AvgIpc) is 3.45. The van der Waals surface area contributed by atoms with Gasteiger partial charge in [-0.1, -0.05) is 0 Å². The van der Waals surface area contributed by atoms with E-state index < -0.39 is 11.9 Å². The number of pyridine rings is 1. The van der Waals surface area contributed by atoms with Gasteiger partial charge in [0.15, 0.2) is 5.82 Å². The molecule has 1 aliphatic heterocycles. The Morgan fingerprint density at radius 1 is 1.23 bits per heavy atom. The van der Waals surface area contributed by atoms with Crippen molar-refractivity contribution in [3.63, 3.8) is 0 Å². The number of halogens is 3. The number of nitrogens with zero attached hydrogens (tertiary/aromatic N) is 6. The SMILES string of the molecule is CC(=O)Nc1cc(Oc2ccc3nc(Nc4cc(C(F)(F)F)n(CC5CCOCC5)n4)n(C)c3c2C#N)ccn1. The first-order chi connectivity index (χ1) is 19.1. The smallest absolute Gasteiger partial charge is 0.433 e. The number of benzene rings is 1. The Bertz CT molecular complexity index is 1600. The monoisotopic (exact) mass is 554 g/mol. The van der Waals surface area contributed by atoms with Crippen molar-refractivity contribution in [2.24, 2.45) is 13.0 Å². The highest BCUT2D eigenvalue weighted by Crippen LogP contribution is 2.35. The Kier molecular flexibility index (Phi) is 7.31. The molecule has 0 spiro atoms. The van der Waals surface area contributed by atoms with Crippen LogP contribution in [-0.2, 0) is 29.3 Å². The second kappa shape index (κ2) is 10.9. The number of carbonyl (C=O) groups excluding carboxylic acids is 1. The number of hydrogen-bond donors (Lipinski definition) is 2. The van der Waals surface area contributed by atoms with Crippen LogP contribution in [0.1, 0.15) is 31.0 Å². The summed E-state index contributed by atoms with van der Waals surface area (Å²) in [6.07, 6.45) is -1.80. The molecule has 40 heavy (non-hydrogen) atoms. The van der Waals surface area contributed by atoms with E-state index in [1.807, 2.05) is 0 Å². The molecule has 2 N–H and O–H groups in total. The standard InChI is InChI=1S/C26H25F3N8O3/c1-15(38)32-22-11-17(5-8-31-22)40-20-4-3-19-24(18(20)13-30)36(2)25(33-19)34-23-12-21(26(27,28)29)37(35-23)14-16-6-9-39-10-7-16/h3-5,8,11-12,16H,6-7,9-10,14H2,1-2H3,(H,31,32,38)(H,33,34,35). The lowest BCUT2D eigenvalue weighted by Crippen LogP contribution is -2.24. The van der Waals surface area contributed by atoms with E-state index in [1.165, 1.54) is 19.2 Å². The zero-order chi connectivity index (χ0) is 28.4. The van der Waals surface area contributed by atoms with Gasteiger partial charge < -0.3 is 24.7 Å². The highest BCUT2D eigenvalue weighted by molar-refractivity contribution is 5.88. The van der Waals surface area contributed by atoms with Crippen molar-refractivity contribution in [3.8, 4) is 17.6 Å². The lowest BCUT2D eigenvalue weighted by atomic mass is 10.0. The Morgan fingerprint density at radius 2 is 2.00 bits per heavy atom. The molecule has 0 saturated carbocycles. The van der Waals surface area contributed by atoms with E-state index in [-0.39, 0.29) is 47.3 Å². The fourth-order valence-electron chi connectivity index (χ4n) is 4.57. The first-order valence-electron chi connectivity index (χ1n) is 12.4. The average molecular weight is 555 g/mol. The van der Waals surface area contributed by atoms with Gasteiger partial charge in [0.2, 0.25) is 11.9 Å². The summed E-state index contributed by atoms with van der Waals surface area (Å²) in [5.74, 6) is 0.764. The number of imidazole rings is 1. The molecule has 0 unspecified atom stereocenters. The number of hydrogen-bond acceptors (Lipinski definition) is 8. The van der Waals surface area contributed by atoms with E-state index >= 15 is 0 Å². The third-order valence-corrected chi connectivity index (χ3v) is 6.46. The number of nitrogens with one attached hydrogen (secondary N) is 2. The number of nitriles is 1. The van der Waals surface area contributed by atoms with Crippen LogP contribution in [0, 0.1) is 17.2 Å². The van der Waals surface area contributed by atoms with Gasteiger partial charge in [0.05, 0.1) is 11.0 Å². The number of alkyl halides is 3. The molecule has 1 fully saturated rings. The van der Waals surface area contributed by atoms with Crippen molar-refractivity contribution < 1.29 is 27.4 Å². The van der Waals surface area contributed by atoms with Crippen LogP contribution in [0.15, 0.2) is 36.5 Å². The molecule has 1 aromatic carbocycles. The van der Waals surface area contributed by atoms with E-state index in [0.717, 1.165) is 10.7 Å². The third-order valence-electron chi connectivity index (χ3n) is 6.46. The summed E-state index contributed by atoms with van der Waals surface area (Å²) in [7, 11) is 1.63. The number of amides is 1. The lowest BCUT2D eigenvalue weighted by Gasteiger charge is -2.22. The van der Waals surface area contributed by atoms with Crippen LogP contribution in [0.25, 0.3) is 11.0 Å². The molecule has 0 radical (unpaired) electrons. The van der Waals surface area contributed by atoms with E-state index in [1.54, 1.807) is 29.8 Å². The molecular formula is C26H25F3N8O3. The molecular weight excluding hydrogens is 529 g/mol. The number of carbonyl (C=O) groups is 1. The summed E-state index contributed by atoms with van der Waals surface area (Å²) >= 11 is 0. The van der Waals surface area contributed by atoms with Crippen LogP contribution >= 0.6 is 0 Å². The molecule has 0 aliphatic carbocycles. The number of fused-ring (bicyclic) bond motifs is 1. The van der Waals surface area contributed by atoms with Gasteiger partial charge in [0.25, 0.3) is 0 Å². The van der Waals surface area contributed by atoms with E-state index in [2.05, 4.69) is 31.8 Å². The molecule has 4 heterocycles. The van der Waals surface area contributed by atoms with Crippen molar-refractivity contribution in [3.05, 3.63) is 47.8 Å². The largest absolute Gasteiger partial charge is 0.456 e. The van der Waals surface area contributed by atoms with Crippen LogP contribution in [0.5, 0.6) is 11.5 Å². The van der Waals surface area contributed by atoms with Crippen LogP contribution < -0.4 is 15.4 Å². The number of ether oxygens (including phenoxy) is 2. The Labute approximate surface area is 226 Å². The van der Waals surface area contributed by atoms with Gasteiger partial charge in [-0.2, -0.15) is 23.5 Å². The number of rotatable bonds is 7. The molecule has 208 valence electrons. The highest BCUT2D eigenvalue weighted by atomic mass is 19.4. The van der Waals surface area contributed by atoms with E-state index in [0.29, 0.717) is 42.8 Å². The molecule has 0 bridgehead atoms. The Hall–Kier alpha value is -4.64. The number of anilines is 3. The first kappa shape index (κ1) is 26.9. The summed E-state index contributed by atoms with van der Waals surface area (Å²) in [6.45, 7) is 2.51. The zero-order valence-electron chi connectivity index (χ0n) is 21.6. The summed E-state index contributed by atoms with van der Waals surface area (Å²) in [5.41, 5.74) is 0.153. The van der Waals surface area contributed by atoms with Crippen molar-refractivity contribution in [1.29, 1.82) is 5.26 Å². The van der Waals surface area contributed by atoms with Crippen LogP contribution in [-0.4, -0.2) is 43.4 Å². The molecule has 1 amide bonds. The minimum atomic E-state index is -4.59. The fourth-order valence-corrected chi connectivity index (χ4v) is 4.57. The highest BCUT2D eigenvalue weighted by Gasteiger charge is 2.36. The van der Waals surface area contributed by atoms with Crippen LogP contribution in [0.2, 0.25) is 0 Å². The molecule has 1 aliphatic rings. The lowest BCUT2D eigenvalue weighted by molar-refractivity contribution is -0.144. The fraction of sp³-hybridized carbons (Fsp3) is 0.346. The van der Waals surface area contributed by atoms with Crippen molar-refractivity contribution in [2.45, 2.75) is 32.5 Å². The van der Waals surface area contributed by atoms with Crippen molar-refractivity contribution >= 4 is 34.5 Å². The topological polar surface area (TPSA) is 132 Å². The summed E-state index contributed by atoms with van der Waals surface area (Å²) < 4.78 is 55.2. The molecule has 3 aromatic heterocycles. The number of aryl methyl sites for hydroxylation is 1. The second-order valence-corrected chi connectivity index (χ2v) is 9.35. The summed E-state index contributed by atoms with van der Waals surface area (Å²) in [4.78, 5) is 19.9. The maximum Gasteiger partial charge on any atom is 0.433 e. The second-order valence-electron chi connectivity index (χ2n) is 9.35. The van der Waals surface area contributed by atoms with Crippen LogP contribution in [0.4, 0.5) is 30.8 Å². The maximum absolute atomic E-state index is 13.8. The van der Waals surface area contributed by atoms with Gasteiger partial charge in [-0.25, -0.2) is 9.97 Å². The van der Waals surface area contributed by atoms with Gasteiger partial charge in [0, 0.05) is 52.1 Å². The van der Waals surface area contributed by atoms with Gasteiger partial charge in [-0.15, -0.1) is 0 Å². The molecule has 11 nitrogen and oxygen atoms in total. The first-order valence-corrected chi connectivity index (χ1v) is 12.4. The Balaban J connectivity index is 1.44. The zero-order valence-corrected chi connectivity index (χ0v) is 21.6.